The molecule has 0 atom stereocenters. The normalized spacial score (nSPS) is 10.0. The van der Waals surface area contributed by atoms with Crippen molar-refractivity contribution in [3.8, 4) is 0 Å². The molecule has 0 unspecified atom stereocenters. The van der Waals surface area contributed by atoms with Crippen LogP contribution in [0.4, 0.5) is 0 Å². The van der Waals surface area contributed by atoms with Crippen LogP contribution in [0, 0.1) is 6.65 Å². The molecular formula is C26H22CrOP2. The Hall–Kier alpha value is -1.99. The van der Waals surface area contributed by atoms with Gasteiger partial charge >= 0.3 is 11.3 Å². The van der Waals surface area contributed by atoms with Gasteiger partial charge in [-0.3, -0.25) is 0 Å². The first-order chi connectivity index (χ1) is 14.4. The van der Waals surface area contributed by atoms with E-state index in [1.165, 1.54) is 27.1 Å². The second-order valence-electron chi connectivity index (χ2n) is 6.34. The van der Waals surface area contributed by atoms with Crippen molar-refractivity contribution in [2.75, 3.05) is 5.90 Å². The molecule has 4 aromatic rings. The third-order valence-corrected chi connectivity index (χ3v) is 10.5. The molecule has 0 heterocycles. The van der Waals surface area contributed by atoms with Crippen LogP contribution in [0.2, 0.25) is 0 Å². The molecule has 0 radical (unpaired) electrons. The predicted octanol–water partition coefficient (Wildman–Crippen LogP) is 5.17. The fourth-order valence-corrected chi connectivity index (χ4v) is 9.67. The Kier molecular flexibility index (Phi) is 10.8. The van der Waals surface area contributed by atoms with Crippen molar-refractivity contribution in [3.63, 3.8) is 0 Å². The number of benzene rings is 4. The molecule has 0 amide bonds. The van der Waals surface area contributed by atoms with Gasteiger partial charge in [-0.15, -0.1) is 0 Å². The fourth-order valence-electron chi connectivity index (χ4n) is 3.20. The van der Waals surface area contributed by atoms with Gasteiger partial charge < -0.3 is 0 Å². The van der Waals surface area contributed by atoms with E-state index in [4.69, 9.17) is 4.65 Å². The molecule has 0 saturated heterocycles. The van der Waals surface area contributed by atoms with Gasteiger partial charge in [0.25, 0.3) is 0 Å². The van der Waals surface area contributed by atoms with Gasteiger partial charge in [0.1, 0.15) is 0 Å². The van der Waals surface area contributed by atoms with Crippen LogP contribution in [-0.2, 0) is 22.0 Å². The summed E-state index contributed by atoms with van der Waals surface area (Å²) in [5.41, 5.74) is 0. The molecule has 0 N–H and O–H groups in total. The van der Waals surface area contributed by atoms with E-state index in [-0.39, 0.29) is 17.4 Å². The van der Waals surface area contributed by atoms with Gasteiger partial charge in [0.2, 0.25) is 0 Å². The topological polar surface area (TPSA) is 19.9 Å². The van der Waals surface area contributed by atoms with Crippen LogP contribution in [0.25, 0.3) is 0 Å². The van der Waals surface area contributed by atoms with E-state index >= 15 is 0 Å². The summed E-state index contributed by atoms with van der Waals surface area (Å²) in [7, 11) is -0.817. The van der Waals surface area contributed by atoms with Crippen molar-refractivity contribution in [1.29, 1.82) is 0 Å². The van der Waals surface area contributed by atoms with E-state index in [0.29, 0.717) is 0 Å². The molecule has 0 saturated carbocycles. The van der Waals surface area contributed by atoms with E-state index < -0.39 is 15.8 Å². The molecule has 148 valence electrons. The molecular weight excluding hydrogens is 442 g/mol. The zero-order valence-electron chi connectivity index (χ0n) is 16.5. The Labute approximate surface area is 192 Å². The minimum Gasteiger partial charge on any atom is -0.0622 e. The third kappa shape index (κ3) is 6.51. The molecule has 0 fully saturated rings. The van der Waals surface area contributed by atoms with Crippen LogP contribution in [0.5, 0.6) is 0 Å². The van der Waals surface area contributed by atoms with Gasteiger partial charge in [-0.05, 0) is 37.1 Å². The molecule has 0 aliphatic rings. The number of rotatable bonds is 6. The molecule has 0 bridgehead atoms. The summed E-state index contributed by atoms with van der Waals surface area (Å²) >= 11 is 0. The smallest absolute Gasteiger partial charge is 0.00405 e. The van der Waals surface area contributed by atoms with Crippen LogP contribution < -0.4 is 21.2 Å². The number of hydrogen-bond donors (Lipinski definition) is 0. The summed E-state index contributed by atoms with van der Waals surface area (Å²) in [6.45, 7) is 4.50. The van der Waals surface area contributed by atoms with Crippen LogP contribution in [-0.4, -0.2) is 5.90 Å². The fraction of sp³-hybridized carbons (Fsp3) is 0.0385. The maximum Gasteiger partial charge on any atom is 0.00405 e. The van der Waals surface area contributed by atoms with Gasteiger partial charge in [-0.25, -0.2) is 0 Å². The maximum atomic E-state index is 7.50. The summed E-state index contributed by atoms with van der Waals surface area (Å²) in [5, 5.41) is 5.83. The quantitative estimate of drug-likeness (QED) is 0.213. The molecule has 1 nitrogen and oxygen atoms in total. The van der Waals surface area contributed by atoms with Gasteiger partial charge in [-0.2, -0.15) is 0 Å². The largest absolute Gasteiger partial charge is 0.0622 e. The first-order valence-corrected chi connectivity index (χ1v) is 12.4. The Morgan fingerprint density at radius 3 is 0.833 bits per heavy atom. The van der Waals surface area contributed by atoms with E-state index in [1.807, 2.05) is 0 Å². The van der Waals surface area contributed by atoms with Crippen molar-refractivity contribution in [2.24, 2.45) is 0 Å². The van der Waals surface area contributed by atoms with Crippen molar-refractivity contribution in [2.45, 2.75) is 0 Å². The minimum atomic E-state index is -0.409. The van der Waals surface area contributed by atoms with Gasteiger partial charge in [0, 0.05) is 23.3 Å². The Morgan fingerprint density at radius 2 is 0.633 bits per heavy atom. The van der Waals surface area contributed by atoms with Crippen LogP contribution in [0.15, 0.2) is 121 Å². The van der Waals surface area contributed by atoms with Crippen molar-refractivity contribution >= 4 is 37.1 Å². The average molecular weight is 464 g/mol. The molecule has 4 heteroatoms. The SMILES string of the molecule is [C-]#[O+].[Cr].c1ccc(P(CP(c2ccccc2)c2ccccc2)c2ccccc2)cc1. The molecule has 0 aromatic heterocycles. The molecule has 0 spiro atoms. The standard InChI is InChI=1S/C25H22P2.CO.Cr/c1-5-13-22(14-6-1)26(23-15-7-2-8-16-23)21-27(24-17-9-3-10-18-24)25-19-11-4-12-20-25;1-2;/h1-20H,21H2;;. The van der Waals surface area contributed by atoms with Crippen LogP contribution in [0.1, 0.15) is 0 Å². The van der Waals surface area contributed by atoms with Crippen molar-refractivity contribution in [1.82, 2.24) is 0 Å². The summed E-state index contributed by atoms with van der Waals surface area (Å²) < 4.78 is 7.50. The zero-order valence-corrected chi connectivity index (χ0v) is 19.5. The maximum absolute atomic E-state index is 7.50. The van der Waals surface area contributed by atoms with E-state index in [2.05, 4.69) is 128 Å². The third-order valence-electron chi connectivity index (χ3n) is 4.55. The van der Waals surface area contributed by atoms with Crippen LogP contribution >= 0.6 is 15.8 Å². The monoisotopic (exact) mass is 464 g/mol. The second-order valence-corrected chi connectivity index (χ2v) is 11.2. The van der Waals surface area contributed by atoms with Crippen LogP contribution in [0.3, 0.4) is 0 Å². The molecule has 0 aliphatic heterocycles. The van der Waals surface area contributed by atoms with Gasteiger partial charge in [-0.1, -0.05) is 121 Å². The Bertz CT molecular complexity index is 833. The summed E-state index contributed by atoms with van der Waals surface area (Å²) in [6.07, 6.45) is 0. The molecule has 30 heavy (non-hydrogen) atoms. The molecule has 4 aromatic carbocycles. The van der Waals surface area contributed by atoms with Gasteiger partial charge in [0.15, 0.2) is 0 Å². The predicted molar refractivity (Wildman–Crippen MR) is 127 cm³/mol. The first-order valence-electron chi connectivity index (χ1n) is 9.37. The van der Waals surface area contributed by atoms with E-state index in [9.17, 15) is 0 Å². The first kappa shape index (κ1) is 24.3. The second kappa shape index (κ2) is 13.3. The van der Waals surface area contributed by atoms with Crippen molar-refractivity contribution in [3.05, 3.63) is 128 Å². The minimum absolute atomic E-state index is 0. The molecule has 4 rings (SSSR count). The Morgan fingerprint density at radius 1 is 0.433 bits per heavy atom. The summed E-state index contributed by atoms with van der Waals surface area (Å²) in [4.78, 5) is 0. The summed E-state index contributed by atoms with van der Waals surface area (Å²) in [6, 6.07) is 44.1. The summed E-state index contributed by atoms with van der Waals surface area (Å²) in [5.74, 6) is 1.17. The van der Waals surface area contributed by atoms with E-state index in [0.717, 1.165) is 0 Å². The average Bonchev–Trinajstić information content (AvgIpc) is 2.83. The number of hydrogen-bond acceptors (Lipinski definition) is 0. The van der Waals surface area contributed by atoms with Gasteiger partial charge in [0.05, 0.1) is 0 Å². The zero-order chi connectivity index (χ0) is 20.3. The van der Waals surface area contributed by atoms with E-state index in [1.54, 1.807) is 0 Å². The van der Waals surface area contributed by atoms with Crippen molar-refractivity contribution < 1.29 is 22.0 Å². The molecule has 0 aliphatic carbocycles. The Balaban J connectivity index is 0.00000104.